The molecule has 0 saturated heterocycles. The Bertz CT molecular complexity index is 2650. The van der Waals surface area contributed by atoms with Gasteiger partial charge in [0.2, 0.25) is 17.1 Å². The molecule has 0 bridgehead atoms. The largest absolute Gasteiger partial charge is 0.213 e. The number of nitrogens with zero attached hydrogens (tertiary/aromatic N) is 3. The molecule has 0 unspecified atom stereocenters. The van der Waals surface area contributed by atoms with Gasteiger partial charge in [-0.25, -0.2) is 13.7 Å². The number of hydrogen-bond acceptors (Lipinski definition) is 0. The van der Waals surface area contributed by atoms with Crippen molar-refractivity contribution in [2.45, 2.75) is 104 Å². The number of aromatic nitrogens is 3. The van der Waals surface area contributed by atoms with E-state index in [4.69, 9.17) is 16.4 Å². The van der Waals surface area contributed by atoms with Crippen LogP contribution in [0, 0.1) is 104 Å². The highest BCUT2D eigenvalue weighted by molar-refractivity contribution is 5.67. The summed E-state index contributed by atoms with van der Waals surface area (Å²) in [7, 11) is 5.73. The molecular formula is C51H66N3+3. The number of benzene rings is 3. The Morgan fingerprint density at radius 3 is 1.13 bits per heavy atom. The van der Waals surface area contributed by atoms with Crippen molar-refractivity contribution >= 4 is 0 Å². The molecule has 3 aromatic carbocycles. The fourth-order valence-corrected chi connectivity index (χ4v) is 6.86. The molecule has 0 N–H and O–H groups in total. The van der Waals surface area contributed by atoms with Crippen molar-refractivity contribution in [3.8, 4) is 33.8 Å². The highest BCUT2D eigenvalue weighted by Gasteiger charge is 2.18. The predicted octanol–water partition coefficient (Wildman–Crippen LogP) is 11.2. The van der Waals surface area contributed by atoms with Gasteiger partial charge in [-0.05, 0) is 177 Å². The second kappa shape index (κ2) is 17.1. The van der Waals surface area contributed by atoms with Crippen LogP contribution in [-0.2, 0) is 21.1 Å². The summed E-state index contributed by atoms with van der Waals surface area (Å²) in [5.41, 5.74) is 18.9. The van der Waals surface area contributed by atoms with E-state index in [0.717, 1.165) is 39.2 Å². The standard InChI is InChI=1S/3C17H22N/c2*1-11-7-14(4)16(8-12(11)2)17-9-13(3)15(5)10-18(17)6;1-11-7-13(3)17(14(4)8-11)16-9-12(2)15(5)10-18(16)6/h3*7-10H,1-6H3/q3*+1/i1D3,5D3;;1D3,5D3. The van der Waals surface area contributed by atoms with E-state index in [9.17, 15) is 0 Å². The number of hydrogen-bond donors (Lipinski definition) is 0. The van der Waals surface area contributed by atoms with Crippen molar-refractivity contribution in [2.75, 3.05) is 0 Å². The Morgan fingerprint density at radius 2 is 0.667 bits per heavy atom. The summed E-state index contributed by atoms with van der Waals surface area (Å²) in [6, 6.07) is 17.5. The normalized spacial score (nSPS) is 15.0. The first-order valence-electron chi connectivity index (χ1n) is 24.3. The van der Waals surface area contributed by atoms with Crippen LogP contribution in [0.15, 0.2) is 73.2 Å². The van der Waals surface area contributed by atoms with Crippen molar-refractivity contribution in [3.05, 3.63) is 157 Å². The lowest BCUT2D eigenvalue weighted by atomic mass is 9.95. The first-order valence-corrected chi connectivity index (χ1v) is 18.3. The molecule has 0 radical (unpaired) electrons. The van der Waals surface area contributed by atoms with Gasteiger partial charge in [0.05, 0.1) is 5.56 Å². The molecule has 3 heteroatoms. The topological polar surface area (TPSA) is 11.6 Å². The Hall–Kier alpha value is -4.89. The number of rotatable bonds is 3. The molecule has 0 amide bonds. The Morgan fingerprint density at radius 1 is 0.315 bits per heavy atom. The average Bonchev–Trinajstić information content (AvgIpc) is 3.16. The zero-order chi connectivity index (χ0) is 50.3. The molecule has 0 spiro atoms. The smallest absolute Gasteiger partial charge is 0.201 e. The van der Waals surface area contributed by atoms with Gasteiger partial charge in [0.1, 0.15) is 21.1 Å². The first kappa shape index (κ1) is 27.7. The molecule has 0 fully saturated rings. The lowest BCUT2D eigenvalue weighted by Crippen LogP contribution is -2.31. The van der Waals surface area contributed by atoms with Gasteiger partial charge < -0.3 is 0 Å². The molecule has 0 aliphatic heterocycles. The SMILES string of the molecule is Cc1cc(C)c(-c2cc(C)c(C)c[n+]2C)cc1C.[2H]C([2H])([2H])c1cc(C)c(-c2cc(C)c(C([2H])([2H])[2H])c[n+]2C)c(C)c1.[2H]C([2H])([2H])c1cc(C)c(-c2cc(C)c(C([2H])([2H])[2H])c[n+]2C)cc1C. The van der Waals surface area contributed by atoms with E-state index in [1.54, 1.807) is 74.6 Å². The molecule has 3 aromatic heterocycles. The summed E-state index contributed by atoms with van der Waals surface area (Å²) in [6.45, 7) is 13.3. The van der Waals surface area contributed by atoms with Crippen LogP contribution >= 0.6 is 0 Å². The Kier molecular flexibility index (Phi) is 8.74. The molecule has 0 saturated carbocycles. The van der Waals surface area contributed by atoms with E-state index in [-0.39, 0.29) is 0 Å². The van der Waals surface area contributed by atoms with Crippen LogP contribution in [0.25, 0.3) is 33.8 Å². The summed E-state index contributed by atoms with van der Waals surface area (Å²) in [4.78, 5) is 0. The lowest BCUT2D eigenvalue weighted by molar-refractivity contribution is -0.660. The molecule has 0 aliphatic rings. The third-order valence-corrected chi connectivity index (χ3v) is 10.5. The van der Waals surface area contributed by atoms with Crippen molar-refractivity contribution in [2.24, 2.45) is 21.1 Å². The van der Waals surface area contributed by atoms with Gasteiger partial charge in [0, 0.05) is 62.5 Å². The average molecular weight is 733 g/mol. The van der Waals surface area contributed by atoms with Crippen molar-refractivity contribution < 1.29 is 30.2 Å². The van der Waals surface area contributed by atoms with Crippen LogP contribution in [0.3, 0.4) is 0 Å². The van der Waals surface area contributed by atoms with E-state index in [1.165, 1.54) is 39.1 Å². The minimum Gasteiger partial charge on any atom is -0.201 e. The molecule has 54 heavy (non-hydrogen) atoms. The van der Waals surface area contributed by atoms with Gasteiger partial charge in [0.15, 0.2) is 18.6 Å². The van der Waals surface area contributed by atoms with Crippen molar-refractivity contribution in [1.29, 1.82) is 0 Å². The fraction of sp³-hybridized carbons (Fsp3) is 0.353. The van der Waals surface area contributed by atoms with Crippen LogP contribution in [-0.4, -0.2) is 0 Å². The molecule has 3 heterocycles. The monoisotopic (exact) mass is 733 g/mol. The second-order valence-electron chi connectivity index (χ2n) is 15.1. The molecule has 3 nitrogen and oxygen atoms in total. The summed E-state index contributed by atoms with van der Waals surface area (Å²) in [6.07, 6.45) is 5.47. The van der Waals surface area contributed by atoms with E-state index in [2.05, 4.69) is 70.6 Å². The van der Waals surface area contributed by atoms with Gasteiger partial charge in [-0.3, -0.25) is 0 Å². The zero-order valence-corrected chi connectivity index (χ0v) is 34.8. The predicted molar refractivity (Wildman–Crippen MR) is 230 cm³/mol. The lowest BCUT2D eigenvalue weighted by Gasteiger charge is -2.11. The van der Waals surface area contributed by atoms with Gasteiger partial charge in [-0.15, -0.1) is 0 Å². The van der Waals surface area contributed by atoms with Gasteiger partial charge in [0.25, 0.3) is 0 Å². The maximum Gasteiger partial charge on any atom is 0.213 e. The van der Waals surface area contributed by atoms with E-state index >= 15 is 0 Å². The van der Waals surface area contributed by atoms with Crippen LogP contribution in [0.4, 0.5) is 0 Å². The third kappa shape index (κ3) is 9.42. The van der Waals surface area contributed by atoms with E-state index in [0.29, 0.717) is 38.9 Å². The fourth-order valence-electron chi connectivity index (χ4n) is 6.86. The maximum atomic E-state index is 7.62. The number of pyridine rings is 3. The highest BCUT2D eigenvalue weighted by atomic mass is 14.9. The van der Waals surface area contributed by atoms with Crippen LogP contribution in [0.5, 0.6) is 0 Å². The quantitative estimate of drug-likeness (QED) is 0.161. The molecule has 0 aliphatic carbocycles. The minimum atomic E-state index is -2.16. The summed E-state index contributed by atoms with van der Waals surface area (Å²) >= 11 is 0. The maximum absolute atomic E-state index is 7.62. The Balaban J connectivity index is 0.000000219. The van der Waals surface area contributed by atoms with E-state index < -0.39 is 27.4 Å². The molecule has 0 atom stereocenters. The van der Waals surface area contributed by atoms with Crippen LogP contribution in [0.1, 0.15) is 99.9 Å². The van der Waals surface area contributed by atoms with Crippen molar-refractivity contribution in [1.82, 2.24) is 0 Å². The van der Waals surface area contributed by atoms with Crippen molar-refractivity contribution in [3.63, 3.8) is 0 Å². The second-order valence-corrected chi connectivity index (χ2v) is 15.1. The zero-order valence-electron chi connectivity index (χ0n) is 46.8. The number of aryl methyl sites for hydroxylation is 18. The Labute approximate surface area is 344 Å². The molecule has 282 valence electrons. The highest BCUT2D eigenvalue weighted by Crippen LogP contribution is 2.28. The van der Waals surface area contributed by atoms with Crippen LogP contribution < -0.4 is 13.7 Å². The summed E-state index contributed by atoms with van der Waals surface area (Å²) in [5.74, 6) is 0. The summed E-state index contributed by atoms with van der Waals surface area (Å²) < 4.78 is 97.1. The summed E-state index contributed by atoms with van der Waals surface area (Å²) in [5, 5.41) is 0. The first-order chi connectivity index (χ1) is 30.0. The van der Waals surface area contributed by atoms with Crippen LogP contribution in [0.2, 0.25) is 0 Å². The minimum absolute atomic E-state index is 0.319. The molecule has 6 rings (SSSR count). The molecular weight excluding hydrogens is 655 g/mol. The molecule has 6 aromatic rings. The van der Waals surface area contributed by atoms with Gasteiger partial charge >= 0.3 is 0 Å². The van der Waals surface area contributed by atoms with Gasteiger partial charge in [-0.2, -0.15) is 0 Å². The van der Waals surface area contributed by atoms with E-state index in [1.807, 2.05) is 39.0 Å². The van der Waals surface area contributed by atoms with Gasteiger partial charge in [-0.1, -0.05) is 29.8 Å². The third-order valence-electron chi connectivity index (χ3n) is 10.5.